The summed E-state index contributed by atoms with van der Waals surface area (Å²) in [6, 6.07) is 13.7. The predicted molar refractivity (Wildman–Crippen MR) is 129 cm³/mol. The van der Waals surface area contributed by atoms with Gasteiger partial charge in [0, 0.05) is 22.3 Å². The van der Waals surface area contributed by atoms with Gasteiger partial charge in [0.05, 0.1) is 11.9 Å². The van der Waals surface area contributed by atoms with Crippen LogP contribution >= 0.6 is 0 Å². The summed E-state index contributed by atoms with van der Waals surface area (Å²) >= 11 is 0. The van der Waals surface area contributed by atoms with Crippen LogP contribution in [-0.4, -0.2) is 4.57 Å². The molecule has 0 aliphatic rings. The summed E-state index contributed by atoms with van der Waals surface area (Å²) in [5.41, 5.74) is 5.90. The third-order valence-corrected chi connectivity index (χ3v) is 6.12. The summed E-state index contributed by atoms with van der Waals surface area (Å²) in [4.78, 5) is 13.2. The standard InChI is InChI=1S/C28H36N2O2/c1-17(2)21-11-9-12-22(18(3)4)27(21)29-16-30(26(32)15-25(29)31)28-23(19(5)6)13-10-14-24(28)20(7)8/h9-20H,1-8H3. The van der Waals surface area contributed by atoms with E-state index >= 15 is 0 Å². The lowest BCUT2D eigenvalue weighted by atomic mass is 9.92. The second-order valence-electron chi connectivity index (χ2n) is 9.87. The van der Waals surface area contributed by atoms with Crippen molar-refractivity contribution < 1.29 is 9.67 Å². The summed E-state index contributed by atoms with van der Waals surface area (Å²) in [6.45, 7) is 17.1. The Balaban J connectivity index is 2.44. The third-order valence-electron chi connectivity index (χ3n) is 6.12. The summed E-state index contributed by atoms with van der Waals surface area (Å²) < 4.78 is 3.35. The molecule has 1 heterocycles. The Morgan fingerprint density at radius 3 is 1.53 bits per heavy atom. The van der Waals surface area contributed by atoms with Crippen LogP contribution in [-0.2, 0) is 0 Å². The van der Waals surface area contributed by atoms with Crippen LogP contribution in [0.15, 0.2) is 53.6 Å². The molecule has 0 aliphatic carbocycles. The molecule has 170 valence electrons. The van der Waals surface area contributed by atoms with Gasteiger partial charge in [-0.1, -0.05) is 91.8 Å². The molecule has 3 rings (SSSR count). The highest BCUT2D eigenvalue weighted by Gasteiger charge is 2.25. The maximum atomic E-state index is 13.2. The van der Waals surface area contributed by atoms with Crippen LogP contribution in [0.1, 0.15) is 101 Å². The lowest BCUT2D eigenvalue weighted by Gasteiger charge is -2.22. The molecule has 0 atom stereocenters. The molecule has 3 aromatic rings. The molecule has 0 spiro atoms. The zero-order chi connectivity index (χ0) is 23.7. The Bertz CT molecular complexity index is 1120. The van der Waals surface area contributed by atoms with E-state index in [1.165, 1.54) is 6.07 Å². The van der Waals surface area contributed by atoms with E-state index in [4.69, 9.17) is 0 Å². The maximum Gasteiger partial charge on any atom is 0.341 e. The normalized spacial score (nSPS) is 11.9. The maximum absolute atomic E-state index is 13.2. The number of hydrogen-bond donors (Lipinski definition) is 0. The van der Waals surface area contributed by atoms with Crippen molar-refractivity contribution in [3.05, 3.63) is 81.4 Å². The van der Waals surface area contributed by atoms with Crippen molar-refractivity contribution in [2.45, 2.75) is 79.1 Å². The van der Waals surface area contributed by atoms with Gasteiger partial charge in [-0.25, -0.2) is 9.36 Å². The number of benzene rings is 2. The molecule has 0 aliphatic heterocycles. The third kappa shape index (κ3) is 4.36. The lowest BCUT2D eigenvalue weighted by Crippen LogP contribution is -2.42. The minimum absolute atomic E-state index is 0.241. The molecule has 4 nitrogen and oxygen atoms in total. The Morgan fingerprint density at radius 1 is 0.719 bits per heavy atom. The highest BCUT2D eigenvalue weighted by molar-refractivity contribution is 5.51. The molecule has 0 N–H and O–H groups in total. The van der Waals surface area contributed by atoms with Crippen molar-refractivity contribution in [2.75, 3.05) is 0 Å². The monoisotopic (exact) mass is 432 g/mol. The van der Waals surface area contributed by atoms with Crippen molar-refractivity contribution >= 4 is 0 Å². The summed E-state index contributed by atoms with van der Waals surface area (Å²) in [7, 11) is 0. The molecule has 4 heteroatoms. The van der Waals surface area contributed by atoms with Gasteiger partial charge >= 0.3 is 5.56 Å². The number of hydrogen-bond acceptors (Lipinski definition) is 2. The van der Waals surface area contributed by atoms with E-state index in [1.54, 1.807) is 15.5 Å². The van der Waals surface area contributed by atoms with Crippen molar-refractivity contribution in [1.82, 2.24) is 4.57 Å². The Labute approximate surface area is 192 Å². The second kappa shape index (κ2) is 9.32. The summed E-state index contributed by atoms with van der Waals surface area (Å²) in [6.07, 6.45) is 1.71. The molecular formula is C28H36N2O2. The van der Waals surface area contributed by atoms with Crippen LogP contribution in [0.5, 0.6) is 5.88 Å². The first kappa shape index (κ1) is 23.8. The van der Waals surface area contributed by atoms with Gasteiger partial charge in [-0.3, -0.25) is 0 Å². The van der Waals surface area contributed by atoms with Gasteiger partial charge in [0.15, 0.2) is 0 Å². The first-order chi connectivity index (χ1) is 15.0. The SMILES string of the molecule is CC(C)c1cccc(C(C)C)c1-n1c[n+](-c2c(C(C)C)cccc2C(C)C)c([O-])cc1=O. The van der Waals surface area contributed by atoms with E-state index in [9.17, 15) is 9.90 Å². The first-order valence-electron chi connectivity index (χ1n) is 11.7. The molecule has 32 heavy (non-hydrogen) atoms. The molecule has 0 amide bonds. The fraction of sp³-hybridized carbons (Fsp3) is 0.429. The Morgan fingerprint density at radius 2 is 1.12 bits per heavy atom. The largest absolute Gasteiger partial charge is 0.842 e. The smallest absolute Gasteiger partial charge is 0.341 e. The van der Waals surface area contributed by atoms with Gasteiger partial charge in [0.25, 0.3) is 6.33 Å². The molecule has 0 bridgehead atoms. The van der Waals surface area contributed by atoms with Crippen LogP contribution in [0.25, 0.3) is 11.4 Å². The van der Waals surface area contributed by atoms with Crippen LogP contribution in [0, 0.1) is 0 Å². The Kier molecular flexibility index (Phi) is 6.92. The highest BCUT2D eigenvalue weighted by Crippen LogP contribution is 2.31. The number of nitrogens with zero attached hydrogens (tertiary/aromatic N) is 2. The molecule has 0 unspecified atom stereocenters. The van der Waals surface area contributed by atoms with E-state index < -0.39 is 0 Å². The average Bonchev–Trinajstić information content (AvgIpc) is 2.72. The topological polar surface area (TPSA) is 48.9 Å². The molecular weight excluding hydrogens is 396 g/mol. The first-order valence-corrected chi connectivity index (χ1v) is 11.7. The Hall–Kier alpha value is -2.88. The minimum Gasteiger partial charge on any atom is -0.842 e. The van der Waals surface area contributed by atoms with Crippen molar-refractivity contribution in [3.8, 4) is 17.3 Å². The molecule has 1 aromatic heterocycles. The van der Waals surface area contributed by atoms with Gasteiger partial charge < -0.3 is 5.11 Å². The zero-order valence-electron chi connectivity index (χ0n) is 20.6. The van der Waals surface area contributed by atoms with Crippen LogP contribution in [0.3, 0.4) is 0 Å². The quantitative estimate of drug-likeness (QED) is 0.470. The van der Waals surface area contributed by atoms with Gasteiger partial charge in [-0.05, 0) is 23.7 Å². The van der Waals surface area contributed by atoms with E-state index in [0.717, 1.165) is 33.6 Å². The molecule has 0 saturated heterocycles. The summed E-state index contributed by atoms with van der Waals surface area (Å²) in [5, 5.41) is 13.2. The predicted octanol–water partition coefficient (Wildman–Crippen LogP) is 5.68. The number of rotatable bonds is 6. The van der Waals surface area contributed by atoms with E-state index in [2.05, 4.69) is 91.8 Å². The van der Waals surface area contributed by atoms with Gasteiger partial charge in [-0.15, -0.1) is 0 Å². The minimum atomic E-state index is -0.297. The van der Waals surface area contributed by atoms with Gasteiger partial charge in [0.1, 0.15) is 11.4 Å². The fourth-order valence-corrected chi connectivity index (χ4v) is 4.39. The molecule has 0 radical (unpaired) electrons. The summed E-state index contributed by atoms with van der Waals surface area (Å²) in [5.74, 6) is 0.667. The molecule has 2 aromatic carbocycles. The molecule has 0 fully saturated rings. The average molecular weight is 433 g/mol. The van der Waals surface area contributed by atoms with Crippen LogP contribution in [0.4, 0.5) is 0 Å². The van der Waals surface area contributed by atoms with Crippen molar-refractivity contribution in [3.63, 3.8) is 0 Å². The number of aromatic nitrogens is 2. The van der Waals surface area contributed by atoms with Crippen molar-refractivity contribution in [1.29, 1.82) is 0 Å². The van der Waals surface area contributed by atoms with Crippen LogP contribution < -0.4 is 15.2 Å². The number of para-hydroxylation sites is 2. The van der Waals surface area contributed by atoms with Crippen molar-refractivity contribution in [2.24, 2.45) is 0 Å². The molecule has 0 saturated carbocycles. The van der Waals surface area contributed by atoms with Gasteiger partial charge in [-0.2, -0.15) is 4.57 Å². The van der Waals surface area contributed by atoms with Crippen LogP contribution in [0.2, 0.25) is 0 Å². The fourth-order valence-electron chi connectivity index (χ4n) is 4.39. The van der Waals surface area contributed by atoms with E-state index in [0.29, 0.717) is 0 Å². The lowest BCUT2D eigenvalue weighted by molar-refractivity contribution is -0.655. The van der Waals surface area contributed by atoms with E-state index in [-0.39, 0.29) is 35.1 Å². The van der Waals surface area contributed by atoms with Gasteiger partial charge in [0.2, 0.25) is 0 Å². The highest BCUT2D eigenvalue weighted by atomic mass is 16.3. The zero-order valence-corrected chi connectivity index (χ0v) is 20.6. The second-order valence-corrected chi connectivity index (χ2v) is 9.87. The van der Waals surface area contributed by atoms with E-state index in [1.807, 2.05) is 0 Å².